The van der Waals surface area contributed by atoms with Crippen LogP contribution in [0.3, 0.4) is 0 Å². The zero-order valence-corrected chi connectivity index (χ0v) is 6.51. The van der Waals surface area contributed by atoms with Crippen molar-refractivity contribution >= 4 is 12.4 Å². The van der Waals surface area contributed by atoms with Gasteiger partial charge in [0, 0.05) is 0 Å². The maximum Gasteiger partial charge on any atom is 0.407 e. The second-order valence-electron chi connectivity index (χ2n) is 1.04. The van der Waals surface area contributed by atoms with Gasteiger partial charge in [-0.2, -0.15) is 0 Å². The molecule has 60 valence electrons. The van der Waals surface area contributed by atoms with Crippen LogP contribution in [0.4, 0.5) is 4.79 Å². The summed E-state index contributed by atoms with van der Waals surface area (Å²) in [5, 5.41) is 2.15. The third-order valence-electron chi connectivity index (χ3n) is 0.515. The molecule has 0 unspecified atom stereocenters. The number of rotatable bonds is 2. The lowest BCUT2D eigenvalue weighted by molar-refractivity contribution is -0.107. The van der Waals surface area contributed by atoms with Gasteiger partial charge >= 0.3 is 6.09 Å². The first-order valence-electron chi connectivity index (χ1n) is 3.06. The Morgan fingerprint density at radius 3 is 2.40 bits per heavy atom. The number of ether oxygens (including phenoxy) is 1. The van der Waals surface area contributed by atoms with E-state index in [4.69, 9.17) is 0 Å². The van der Waals surface area contributed by atoms with Gasteiger partial charge in [0.2, 0.25) is 0 Å². The Hall–Kier alpha value is -1.06. The number of carbonyl (C=O) groups excluding carboxylic acids is 2. The van der Waals surface area contributed by atoms with Crippen LogP contribution in [0.25, 0.3) is 0 Å². The van der Waals surface area contributed by atoms with E-state index in [1.54, 1.807) is 0 Å². The number of hydrogen-bond donors (Lipinski definition) is 1. The van der Waals surface area contributed by atoms with E-state index in [1.807, 2.05) is 13.8 Å². The molecule has 0 heterocycles. The minimum Gasteiger partial charge on any atom is -0.453 e. The first-order chi connectivity index (χ1) is 4.81. The summed E-state index contributed by atoms with van der Waals surface area (Å²) in [6.07, 6.45) is -0.00574. The van der Waals surface area contributed by atoms with Gasteiger partial charge in [-0.05, 0) is 0 Å². The second-order valence-corrected chi connectivity index (χ2v) is 1.04. The van der Waals surface area contributed by atoms with Crippen LogP contribution in [0.1, 0.15) is 13.8 Å². The minimum absolute atomic E-state index is 0.00662. The monoisotopic (exact) mass is 147 g/mol. The number of nitrogens with one attached hydrogen (secondary N) is 1. The normalized spacial score (nSPS) is 6.70. The Balaban J connectivity index is 0. The molecule has 0 fully saturated rings. The van der Waals surface area contributed by atoms with Gasteiger partial charge in [0.25, 0.3) is 0 Å². The molecule has 0 aromatic carbocycles. The molecule has 0 saturated heterocycles. The van der Waals surface area contributed by atoms with Crippen LogP contribution in [0, 0.1) is 0 Å². The van der Waals surface area contributed by atoms with Gasteiger partial charge in [0.15, 0.2) is 0 Å². The average Bonchev–Trinajstić information content (AvgIpc) is 2.04. The maximum absolute atomic E-state index is 10.1. The first kappa shape index (κ1) is 11.7. The third-order valence-corrected chi connectivity index (χ3v) is 0.515. The fourth-order valence-electron chi connectivity index (χ4n) is 0.197. The molecule has 0 spiro atoms. The predicted octanol–water partition coefficient (Wildman–Crippen LogP) is 0.567. The average molecular weight is 147 g/mol. The van der Waals surface area contributed by atoms with E-state index in [-0.39, 0.29) is 6.54 Å². The van der Waals surface area contributed by atoms with E-state index in [0.717, 1.165) is 0 Å². The Bertz CT molecular complexity index is 93.0. The number of hydrogen-bond acceptors (Lipinski definition) is 3. The molecule has 0 aromatic rings. The molecule has 0 atom stereocenters. The van der Waals surface area contributed by atoms with E-state index in [2.05, 4.69) is 10.1 Å². The summed E-state index contributed by atoms with van der Waals surface area (Å²) >= 11 is 0. The SMILES string of the molecule is CC.COC(=O)NCC=O. The zero-order chi connectivity index (χ0) is 8.41. The molecule has 0 aromatic heterocycles. The summed E-state index contributed by atoms with van der Waals surface area (Å²) in [5.74, 6) is 0. The number of carbonyl (C=O) groups is 2. The molecule has 0 saturated carbocycles. The Morgan fingerprint density at radius 1 is 1.60 bits per heavy atom. The molecular formula is C6H13NO3. The standard InChI is InChI=1S/C4H7NO3.C2H6/c1-8-4(7)5-2-3-6;1-2/h3H,2H2,1H3,(H,5,7);1-2H3. The first-order valence-corrected chi connectivity index (χ1v) is 3.06. The van der Waals surface area contributed by atoms with E-state index >= 15 is 0 Å². The summed E-state index contributed by atoms with van der Waals surface area (Å²) < 4.78 is 4.14. The predicted molar refractivity (Wildman–Crippen MR) is 37.8 cm³/mol. The highest BCUT2D eigenvalue weighted by Gasteiger charge is 1.92. The second kappa shape index (κ2) is 10.8. The summed E-state index contributed by atoms with van der Waals surface area (Å²) in [6.45, 7) is 4.01. The summed E-state index contributed by atoms with van der Waals surface area (Å²) in [5.41, 5.74) is 0. The van der Waals surface area contributed by atoms with Gasteiger partial charge < -0.3 is 14.8 Å². The molecule has 0 rings (SSSR count). The molecule has 4 nitrogen and oxygen atoms in total. The molecule has 1 amide bonds. The van der Waals surface area contributed by atoms with Crippen molar-refractivity contribution in [1.82, 2.24) is 5.32 Å². The van der Waals surface area contributed by atoms with Gasteiger partial charge in [-0.15, -0.1) is 0 Å². The number of alkyl carbamates (subject to hydrolysis) is 1. The van der Waals surface area contributed by atoms with Crippen LogP contribution < -0.4 is 5.32 Å². The van der Waals surface area contributed by atoms with E-state index in [1.165, 1.54) is 7.11 Å². The van der Waals surface area contributed by atoms with Gasteiger partial charge in [-0.3, -0.25) is 0 Å². The van der Waals surface area contributed by atoms with Crippen molar-refractivity contribution in [2.75, 3.05) is 13.7 Å². The molecular weight excluding hydrogens is 134 g/mol. The van der Waals surface area contributed by atoms with Gasteiger partial charge in [-0.25, -0.2) is 4.79 Å². The van der Waals surface area contributed by atoms with Gasteiger partial charge in [0.1, 0.15) is 6.29 Å². The summed E-state index contributed by atoms with van der Waals surface area (Å²) in [6, 6.07) is 0. The molecule has 0 aliphatic heterocycles. The quantitative estimate of drug-likeness (QED) is 0.581. The van der Waals surface area contributed by atoms with E-state index < -0.39 is 6.09 Å². The van der Waals surface area contributed by atoms with E-state index in [9.17, 15) is 9.59 Å². The lowest BCUT2D eigenvalue weighted by Gasteiger charge is -1.94. The van der Waals surface area contributed by atoms with Crippen molar-refractivity contribution in [3.05, 3.63) is 0 Å². The number of aldehydes is 1. The Kier molecular flexibility index (Phi) is 12.7. The van der Waals surface area contributed by atoms with Crippen LogP contribution in [-0.4, -0.2) is 26.0 Å². The lowest BCUT2D eigenvalue weighted by Crippen LogP contribution is -2.24. The summed E-state index contributed by atoms with van der Waals surface area (Å²) in [7, 11) is 1.24. The topological polar surface area (TPSA) is 55.4 Å². The van der Waals surface area contributed by atoms with Crippen molar-refractivity contribution in [1.29, 1.82) is 0 Å². The smallest absolute Gasteiger partial charge is 0.407 e. The van der Waals surface area contributed by atoms with Crippen LogP contribution in [-0.2, 0) is 9.53 Å². The fourth-order valence-corrected chi connectivity index (χ4v) is 0.197. The minimum atomic E-state index is -0.586. The van der Waals surface area contributed by atoms with Crippen molar-refractivity contribution < 1.29 is 14.3 Å². The molecule has 0 aliphatic rings. The lowest BCUT2D eigenvalue weighted by atomic mass is 10.7. The number of methoxy groups -OCH3 is 1. The van der Waals surface area contributed by atoms with Crippen molar-refractivity contribution in [2.24, 2.45) is 0 Å². The maximum atomic E-state index is 10.1. The fraction of sp³-hybridized carbons (Fsp3) is 0.667. The van der Waals surface area contributed by atoms with Gasteiger partial charge in [0.05, 0.1) is 13.7 Å². The molecule has 10 heavy (non-hydrogen) atoms. The number of amides is 1. The van der Waals surface area contributed by atoms with Crippen molar-refractivity contribution in [3.63, 3.8) is 0 Å². The third kappa shape index (κ3) is 10.0. The van der Waals surface area contributed by atoms with Crippen LogP contribution >= 0.6 is 0 Å². The molecule has 0 bridgehead atoms. The van der Waals surface area contributed by atoms with E-state index in [0.29, 0.717) is 6.29 Å². The Labute approximate surface area is 60.6 Å². The van der Waals surface area contributed by atoms with Crippen LogP contribution in [0.15, 0.2) is 0 Å². The highest BCUT2D eigenvalue weighted by atomic mass is 16.5. The van der Waals surface area contributed by atoms with Gasteiger partial charge in [-0.1, -0.05) is 13.8 Å². The van der Waals surface area contributed by atoms with Crippen LogP contribution in [0.2, 0.25) is 0 Å². The van der Waals surface area contributed by atoms with Crippen molar-refractivity contribution in [2.45, 2.75) is 13.8 Å². The molecule has 1 N–H and O–H groups in total. The highest BCUT2D eigenvalue weighted by molar-refractivity contribution is 5.70. The Morgan fingerprint density at radius 2 is 2.10 bits per heavy atom. The largest absolute Gasteiger partial charge is 0.453 e. The highest BCUT2D eigenvalue weighted by Crippen LogP contribution is 1.65. The molecule has 0 aliphatic carbocycles. The summed E-state index contributed by atoms with van der Waals surface area (Å²) in [4.78, 5) is 19.6. The zero-order valence-electron chi connectivity index (χ0n) is 6.51. The van der Waals surface area contributed by atoms with Crippen molar-refractivity contribution in [3.8, 4) is 0 Å². The molecule has 4 heteroatoms. The van der Waals surface area contributed by atoms with Crippen LogP contribution in [0.5, 0.6) is 0 Å². The molecule has 0 radical (unpaired) electrons.